The number of aromatic carboxylic acids is 1. The molecule has 2 N–H and O–H groups in total. The van der Waals surface area contributed by atoms with Crippen molar-refractivity contribution in [2.24, 2.45) is 0 Å². The summed E-state index contributed by atoms with van der Waals surface area (Å²) in [6.45, 7) is 2.30. The third kappa shape index (κ3) is 3.23. The molecule has 20 heavy (non-hydrogen) atoms. The SMILES string of the molecule is Cc1ccncc1CNC(=O)Cn1cccc1C(=O)O. The fourth-order valence-corrected chi connectivity index (χ4v) is 1.83. The summed E-state index contributed by atoms with van der Waals surface area (Å²) >= 11 is 0. The second-order valence-corrected chi connectivity index (χ2v) is 4.41. The molecular formula is C14H15N3O3. The van der Waals surface area contributed by atoms with E-state index < -0.39 is 5.97 Å². The topological polar surface area (TPSA) is 84.2 Å². The number of rotatable bonds is 5. The first kappa shape index (κ1) is 13.8. The fourth-order valence-electron chi connectivity index (χ4n) is 1.83. The van der Waals surface area contributed by atoms with Crippen LogP contribution in [0, 0.1) is 6.92 Å². The zero-order chi connectivity index (χ0) is 14.5. The highest BCUT2D eigenvalue weighted by Gasteiger charge is 2.11. The number of aryl methyl sites for hydroxylation is 1. The number of carbonyl (C=O) groups is 2. The lowest BCUT2D eigenvalue weighted by atomic mass is 10.1. The highest BCUT2D eigenvalue weighted by atomic mass is 16.4. The molecule has 0 aromatic carbocycles. The smallest absolute Gasteiger partial charge is 0.352 e. The first-order valence-electron chi connectivity index (χ1n) is 6.12. The van der Waals surface area contributed by atoms with Crippen LogP contribution in [0.4, 0.5) is 0 Å². The van der Waals surface area contributed by atoms with Crippen LogP contribution in [0.15, 0.2) is 36.8 Å². The Morgan fingerprint density at radius 1 is 1.40 bits per heavy atom. The molecular weight excluding hydrogens is 258 g/mol. The van der Waals surface area contributed by atoms with Gasteiger partial charge >= 0.3 is 5.97 Å². The summed E-state index contributed by atoms with van der Waals surface area (Å²) in [5.41, 5.74) is 2.08. The molecule has 0 saturated heterocycles. The van der Waals surface area contributed by atoms with Crippen molar-refractivity contribution in [1.82, 2.24) is 14.9 Å². The van der Waals surface area contributed by atoms with Crippen molar-refractivity contribution in [2.45, 2.75) is 20.0 Å². The van der Waals surface area contributed by atoms with Gasteiger partial charge in [-0.3, -0.25) is 9.78 Å². The predicted octanol–water partition coefficient (Wildman–Crippen LogP) is 1.21. The molecule has 2 aromatic rings. The molecule has 0 aliphatic rings. The summed E-state index contributed by atoms with van der Waals surface area (Å²) in [6, 6.07) is 4.93. The number of hydrogen-bond donors (Lipinski definition) is 2. The number of carboxylic acid groups (broad SMARTS) is 1. The second kappa shape index (κ2) is 6.01. The Morgan fingerprint density at radius 2 is 2.20 bits per heavy atom. The number of pyridine rings is 1. The van der Waals surface area contributed by atoms with Gasteiger partial charge in [-0.1, -0.05) is 0 Å². The van der Waals surface area contributed by atoms with Crippen molar-refractivity contribution in [3.63, 3.8) is 0 Å². The van der Waals surface area contributed by atoms with E-state index in [1.807, 2.05) is 13.0 Å². The molecule has 0 saturated carbocycles. The normalized spacial score (nSPS) is 10.2. The van der Waals surface area contributed by atoms with E-state index in [0.717, 1.165) is 11.1 Å². The van der Waals surface area contributed by atoms with Crippen LogP contribution in [0.25, 0.3) is 0 Å². The number of nitrogens with one attached hydrogen (secondary N) is 1. The first-order chi connectivity index (χ1) is 9.58. The molecule has 0 aliphatic carbocycles. The van der Waals surface area contributed by atoms with E-state index in [4.69, 9.17) is 5.11 Å². The lowest BCUT2D eigenvalue weighted by Gasteiger charge is -2.09. The average Bonchev–Trinajstić information content (AvgIpc) is 2.86. The zero-order valence-corrected chi connectivity index (χ0v) is 11.0. The van der Waals surface area contributed by atoms with Crippen molar-refractivity contribution in [2.75, 3.05) is 0 Å². The number of hydrogen-bond acceptors (Lipinski definition) is 3. The quantitative estimate of drug-likeness (QED) is 0.857. The largest absolute Gasteiger partial charge is 0.477 e. The van der Waals surface area contributed by atoms with Gasteiger partial charge in [0.1, 0.15) is 12.2 Å². The summed E-state index contributed by atoms with van der Waals surface area (Å²) < 4.78 is 1.40. The van der Waals surface area contributed by atoms with Gasteiger partial charge in [-0.25, -0.2) is 4.79 Å². The monoisotopic (exact) mass is 273 g/mol. The Kier molecular flexibility index (Phi) is 4.14. The molecule has 6 nitrogen and oxygen atoms in total. The fraction of sp³-hybridized carbons (Fsp3) is 0.214. The van der Waals surface area contributed by atoms with Crippen LogP contribution in [0.3, 0.4) is 0 Å². The van der Waals surface area contributed by atoms with Crippen LogP contribution in [0.5, 0.6) is 0 Å². The van der Waals surface area contributed by atoms with Crippen molar-refractivity contribution in [3.05, 3.63) is 53.6 Å². The van der Waals surface area contributed by atoms with Crippen LogP contribution in [0.2, 0.25) is 0 Å². The number of nitrogens with zero attached hydrogens (tertiary/aromatic N) is 2. The summed E-state index contributed by atoms with van der Waals surface area (Å²) in [5.74, 6) is -1.29. The molecule has 0 spiro atoms. The summed E-state index contributed by atoms with van der Waals surface area (Å²) in [5, 5.41) is 11.7. The standard InChI is InChI=1S/C14H15N3O3/c1-10-4-5-15-7-11(10)8-16-13(18)9-17-6-2-3-12(17)14(19)20/h2-7H,8-9H2,1H3,(H,16,18)(H,19,20). The summed E-state index contributed by atoms with van der Waals surface area (Å²) in [6.07, 6.45) is 4.96. The van der Waals surface area contributed by atoms with E-state index in [2.05, 4.69) is 10.3 Å². The third-order valence-corrected chi connectivity index (χ3v) is 2.99. The maximum absolute atomic E-state index is 11.8. The highest BCUT2D eigenvalue weighted by molar-refractivity contribution is 5.86. The van der Waals surface area contributed by atoms with E-state index >= 15 is 0 Å². The number of carbonyl (C=O) groups excluding carboxylic acids is 1. The number of carboxylic acids is 1. The minimum atomic E-state index is -1.05. The zero-order valence-electron chi connectivity index (χ0n) is 11.0. The van der Waals surface area contributed by atoms with Gasteiger partial charge in [-0.15, -0.1) is 0 Å². The van der Waals surface area contributed by atoms with E-state index in [9.17, 15) is 9.59 Å². The Bertz CT molecular complexity index is 634. The van der Waals surface area contributed by atoms with Crippen LogP contribution in [0.1, 0.15) is 21.6 Å². The molecule has 2 heterocycles. The average molecular weight is 273 g/mol. The Balaban J connectivity index is 1.95. The van der Waals surface area contributed by atoms with Gasteiger partial charge in [0, 0.05) is 25.1 Å². The van der Waals surface area contributed by atoms with E-state index in [1.54, 1.807) is 24.7 Å². The molecule has 104 valence electrons. The predicted molar refractivity (Wildman–Crippen MR) is 72.2 cm³/mol. The maximum Gasteiger partial charge on any atom is 0.352 e. The lowest BCUT2D eigenvalue weighted by molar-refractivity contribution is -0.121. The molecule has 2 aromatic heterocycles. The minimum absolute atomic E-state index is 0.0199. The first-order valence-corrected chi connectivity index (χ1v) is 6.12. The highest BCUT2D eigenvalue weighted by Crippen LogP contribution is 2.05. The van der Waals surface area contributed by atoms with Crippen molar-refractivity contribution in [1.29, 1.82) is 0 Å². The number of amides is 1. The van der Waals surface area contributed by atoms with E-state index in [0.29, 0.717) is 6.54 Å². The molecule has 1 amide bonds. The van der Waals surface area contributed by atoms with Gasteiger partial charge in [-0.05, 0) is 36.2 Å². The van der Waals surface area contributed by atoms with Gasteiger partial charge in [0.25, 0.3) is 0 Å². The van der Waals surface area contributed by atoms with Crippen LogP contribution in [-0.4, -0.2) is 26.5 Å². The van der Waals surface area contributed by atoms with Crippen LogP contribution >= 0.6 is 0 Å². The van der Waals surface area contributed by atoms with Crippen molar-refractivity contribution >= 4 is 11.9 Å². The van der Waals surface area contributed by atoms with Crippen molar-refractivity contribution in [3.8, 4) is 0 Å². The molecule has 0 atom stereocenters. The summed E-state index contributed by atoms with van der Waals surface area (Å²) in [4.78, 5) is 26.8. The molecule has 2 rings (SSSR count). The van der Waals surface area contributed by atoms with Crippen LogP contribution in [-0.2, 0) is 17.9 Å². The molecule has 0 aliphatic heterocycles. The summed E-state index contributed by atoms with van der Waals surface area (Å²) in [7, 11) is 0. The molecule has 6 heteroatoms. The van der Waals surface area contributed by atoms with Crippen molar-refractivity contribution < 1.29 is 14.7 Å². The molecule has 0 unspecified atom stereocenters. The Labute approximate surface area is 116 Å². The number of aromatic nitrogens is 2. The van der Waals surface area contributed by atoms with Gasteiger partial charge in [0.15, 0.2) is 0 Å². The minimum Gasteiger partial charge on any atom is -0.477 e. The Hall–Kier alpha value is -2.63. The van der Waals surface area contributed by atoms with Gasteiger partial charge in [-0.2, -0.15) is 0 Å². The van der Waals surface area contributed by atoms with Gasteiger partial charge in [0.2, 0.25) is 5.91 Å². The molecule has 0 bridgehead atoms. The third-order valence-electron chi connectivity index (χ3n) is 2.99. The maximum atomic E-state index is 11.8. The van der Waals surface area contributed by atoms with Gasteiger partial charge < -0.3 is 15.0 Å². The molecule has 0 radical (unpaired) electrons. The van der Waals surface area contributed by atoms with E-state index in [1.165, 1.54) is 10.6 Å². The van der Waals surface area contributed by atoms with Gasteiger partial charge in [0.05, 0.1) is 0 Å². The Morgan fingerprint density at radius 3 is 2.90 bits per heavy atom. The second-order valence-electron chi connectivity index (χ2n) is 4.41. The lowest BCUT2D eigenvalue weighted by Crippen LogP contribution is -2.28. The van der Waals surface area contributed by atoms with Crippen LogP contribution < -0.4 is 5.32 Å². The molecule has 0 fully saturated rings. The van der Waals surface area contributed by atoms with E-state index in [-0.39, 0.29) is 18.1 Å².